The van der Waals surface area contributed by atoms with Crippen LogP contribution in [0, 0.1) is 5.92 Å². The normalized spacial score (nSPS) is 29.3. The number of carbonyl (C=O) groups excluding carboxylic acids is 1. The number of nitrogens with one attached hydrogen (secondary N) is 1. The molecule has 1 aliphatic rings. The molecular formula is C12H24N2O2. The molecule has 0 aromatic heterocycles. The van der Waals surface area contributed by atoms with Crippen molar-refractivity contribution in [2.75, 3.05) is 13.2 Å². The Bertz CT molecular complexity index is 264. The summed E-state index contributed by atoms with van der Waals surface area (Å²) in [5.41, 5.74) is 4.68. The van der Waals surface area contributed by atoms with E-state index in [-0.39, 0.29) is 11.5 Å². The third-order valence-electron chi connectivity index (χ3n) is 3.07. The number of rotatable bonds is 4. The molecule has 1 aliphatic heterocycles. The number of nitrogens with two attached hydrogens (primary N) is 1. The number of primary amides is 1. The first-order valence-corrected chi connectivity index (χ1v) is 5.96. The Labute approximate surface area is 97.9 Å². The Morgan fingerprint density at radius 3 is 2.56 bits per heavy atom. The zero-order valence-electron chi connectivity index (χ0n) is 10.8. The minimum Gasteiger partial charge on any atom is -0.375 e. The van der Waals surface area contributed by atoms with Crippen molar-refractivity contribution < 1.29 is 9.53 Å². The van der Waals surface area contributed by atoms with E-state index in [1.54, 1.807) is 0 Å². The summed E-state index contributed by atoms with van der Waals surface area (Å²) in [7, 11) is 0. The molecule has 1 unspecified atom stereocenters. The fourth-order valence-corrected chi connectivity index (χ4v) is 2.22. The van der Waals surface area contributed by atoms with Gasteiger partial charge in [0.1, 0.15) is 5.54 Å². The number of amides is 1. The van der Waals surface area contributed by atoms with Gasteiger partial charge < -0.3 is 15.8 Å². The van der Waals surface area contributed by atoms with Crippen LogP contribution in [-0.2, 0) is 9.53 Å². The predicted molar refractivity (Wildman–Crippen MR) is 64.0 cm³/mol. The maximum atomic E-state index is 11.7. The van der Waals surface area contributed by atoms with Gasteiger partial charge in [-0.1, -0.05) is 13.8 Å². The Balaban J connectivity index is 2.76. The summed E-state index contributed by atoms with van der Waals surface area (Å²) in [6.07, 6.45) is 1.31. The fourth-order valence-electron chi connectivity index (χ4n) is 2.22. The lowest BCUT2D eigenvalue weighted by Crippen LogP contribution is -2.62. The molecule has 0 aromatic carbocycles. The quantitative estimate of drug-likeness (QED) is 0.756. The monoisotopic (exact) mass is 228 g/mol. The molecular weight excluding hydrogens is 204 g/mol. The highest BCUT2D eigenvalue weighted by atomic mass is 16.5. The first-order chi connectivity index (χ1) is 7.27. The maximum Gasteiger partial charge on any atom is 0.237 e. The molecule has 0 saturated carbocycles. The molecule has 1 rings (SSSR count). The van der Waals surface area contributed by atoms with Crippen molar-refractivity contribution in [1.82, 2.24) is 5.32 Å². The molecule has 1 amide bonds. The van der Waals surface area contributed by atoms with Gasteiger partial charge in [0, 0.05) is 13.0 Å². The first kappa shape index (κ1) is 13.5. The second-order valence-corrected chi connectivity index (χ2v) is 5.76. The van der Waals surface area contributed by atoms with E-state index in [1.165, 1.54) is 0 Å². The molecule has 94 valence electrons. The lowest BCUT2D eigenvalue weighted by atomic mass is 9.80. The van der Waals surface area contributed by atoms with Gasteiger partial charge >= 0.3 is 0 Å². The van der Waals surface area contributed by atoms with E-state index in [9.17, 15) is 4.79 Å². The molecule has 4 nitrogen and oxygen atoms in total. The van der Waals surface area contributed by atoms with Crippen molar-refractivity contribution in [1.29, 1.82) is 0 Å². The molecule has 0 aromatic rings. The highest BCUT2D eigenvalue weighted by Gasteiger charge is 2.44. The van der Waals surface area contributed by atoms with Crippen LogP contribution in [0.2, 0.25) is 0 Å². The van der Waals surface area contributed by atoms with Crippen LogP contribution in [0.25, 0.3) is 0 Å². The summed E-state index contributed by atoms with van der Waals surface area (Å²) in [5, 5.41) is 3.34. The molecule has 0 radical (unpaired) electrons. The van der Waals surface area contributed by atoms with Crippen LogP contribution in [0.1, 0.15) is 40.5 Å². The van der Waals surface area contributed by atoms with E-state index in [0.29, 0.717) is 25.4 Å². The van der Waals surface area contributed by atoms with Crippen LogP contribution in [0.15, 0.2) is 0 Å². The van der Waals surface area contributed by atoms with E-state index >= 15 is 0 Å². The molecule has 0 spiro atoms. The van der Waals surface area contributed by atoms with Crippen LogP contribution in [0.5, 0.6) is 0 Å². The molecule has 0 bridgehead atoms. The summed E-state index contributed by atoms with van der Waals surface area (Å²) >= 11 is 0. The van der Waals surface area contributed by atoms with Crippen molar-refractivity contribution in [3.63, 3.8) is 0 Å². The second kappa shape index (κ2) is 4.72. The number of ether oxygens (including phenoxy) is 1. The van der Waals surface area contributed by atoms with E-state index < -0.39 is 5.54 Å². The second-order valence-electron chi connectivity index (χ2n) is 5.76. The van der Waals surface area contributed by atoms with Crippen molar-refractivity contribution in [2.45, 2.75) is 51.7 Å². The van der Waals surface area contributed by atoms with E-state index in [2.05, 4.69) is 19.2 Å². The summed E-state index contributed by atoms with van der Waals surface area (Å²) < 4.78 is 5.63. The molecule has 1 saturated heterocycles. The Kier molecular flexibility index (Phi) is 3.97. The molecule has 1 heterocycles. The SMILES string of the molecule is CC(C)CNC1(C(N)=O)CCOC(C)(C)C1. The van der Waals surface area contributed by atoms with Gasteiger partial charge in [0.25, 0.3) is 0 Å². The third kappa shape index (κ3) is 3.19. The molecule has 4 heteroatoms. The van der Waals surface area contributed by atoms with Gasteiger partial charge in [-0.2, -0.15) is 0 Å². The van der Waals surface area contributed by atoms with Crippen LogP contribution in [-0.4, -0.2) is 30.2 Å². The Morgan fingerprint density at radius 1 is 1.50 bits per heavy atom. The van der Waals surface area contributed by atoms with Gasteiger partial charge in [-0.15, -0.1) is 0 Å². The van der Waals surface area contributed by atoms with E-state index in [0.717, 1.165) is 6.54 Å². The van der Waals surface area contributed by atoms with Crippen LogP contribution >= 0.6 is 0 Å². The zero-order chi connectivity index (χ0) is 12.4. The van der Waals surface area contributed by atoms with Gasteiger partial charge in [0.05, 0.1) is 5.60 Å². The van der Waals surface area contributed by atoms with Gasteiger partial charge in [-0.25, -0.2) is 0 Å². The lowest BCUT2D eigenvalue weighted by Gasteiger charge is -2.43. The summed E-state index contributed by atoms with van der Waals surface area (Å²) in [6, 6.07) is 0. The van der Waals surface area contributed by atoms with Gasteiger partial charge in [-0.05, 0) is 32.7 Å². The smallest absolute Gasteiger partial charge is 0.237 e. The molecule has 1 fully saturated rings. The minimum atomic E-state index is -0.591. The average Bonchev–Trinajstić information content (AvgIpc) is 2.13. The Hall–Kier alpha value is -0.610. The van der Waals surface area contributed by atoms with Crippen molar-refractivity contribution >= 4 is 5.91 Å². The van der Waals surface area contributed by atoms with Gasteiger partial charge in [0.15, 0.2) is 0 Å². The topological polar surface area (TPSA) is 64.3 Å². The van der Waals surface area contributed by atoms with Crippen LogP contribution in [0.4, 0.5) is 0 Å². The van der Waals surface area contributed by atoms with Gasteiger partial charge in [0.2, 0.25) is 5.91 Å². The predicted octanol–water partition coefficient (Wildman–Crippen LogP) is 1.05. The van der Waals surface area contributed by atoms with E-state index in [1.807, 2.05) is 13.8 Å². The average molecular weight is 228 g/mol. The van der Waals surface area contributed by atoms with E-state index in [4.69, 9.17) is 10.5 Å². The van der Waals surface area contributed by atoms with Gasteiger partial charge in [-0.3, -0.25) is 4.79 Å². The van der Waals surface area contributed by atoms with Crippen LogP contribution < -0.4 is 11.1 Å². The highest BCUT2D eigenvalue weighted by Crippen LogP contribution is 2.31. The summed E-state index contributed by atoms with van der Waals surface area (Å²) in [5.74, 6) is 0.242. The minimum absolute atomic E-state index is 0.260. The first-order valence-electron chi connectivity index (χ1n) is 5.96. The number of carbonyl (C=O) groups is 1. The molecule has 16 heavy (non-hydrogen) atoms. The van der Waals surface area contributed by atoms with Crippen molar-refractivity contribution in [3.05, 3.63) is 0 Å². The maximum absolute atomic E-state index is 11.7. The molecule has 1 atom stereocenters. The van der Waals surface area contributed by atoms with Crippen molar-refractivity contribution in [2.24, 2.45) is 11.7 Å². The number of hydrogen-bond acceptors (Lipinski definition) is 3. The Morgan fingerprint density at radius 2 is 2.12 bits per heavy atom. The summed E-state index contributed by atoms with van der Waals surface area (Å²) in [6.45, 7) is 9.63. The third-order valence-corrected chi connectivity index (χ3v) is 3.07. The number of hydrogen-bond donors (Lipinski definition) is 2. The standard InChI is InChI=1S/C12H24N2O2/c1-9(2)7-14-12(10(13)15)5-6-16-11(3,4)8-12/h9,14H,5-8H2,1-4H3,(H2,13,15). The van der Waals surface area contributed by atoms with Crippen molar-refractivity contribution in [3.8, 4) is 0 Å². The molecule has 3 N–H and O–H groups in total. The molecule has 0 aliphatic carbocycles. The zero-order valence-corrected chi connectivity index (χ0v) is 10.8. The fraction of sp³-hybridized carbons (Fsp3) is 0.917. The lowest BCUT2D eigenvalue weighted by molar-refractivity contribution is -0.138. The highest BCUT2D eigenvalue weighted by molar-refractivity contribution is 5.85. The largest absolute Gasteiger partial charge is 0.375 e. The summed E-state index contributed by atoms with van der Waals surface area (Å²) in [4.78, 5) is 11.7. The van der Waals surface area contributed by atoms with Crippen LogP contribution in [0.3, 0.4) is 0 Å².